The van der Waals surface area contributed by atoms with Crippen molar-refractivity contribution in [3.05, 3.63) is 47.7 Å². The average Bonchev–Trinajstić information content (AvgIpc) is 2.35. The van der Waals surface area contributed by atoms with Gasteiger partial charge in [-0.3, -0.25) is 0 Å². The smallest absolute Gasteiger partial charge is 0.219 e. The third-order valence-corrected chi connectivity index (χ3v) is 2.31. The fraction of sp³-hybridized carbons (Fsp3) is 0.0769. The third-order valence-electron chi connectivity index (χ3n) is 2.31. The van der Waals surface area contributed by atoms with Crippen LogP contribution in [-0.4, -0.2) is 4.98 Å². The molecule has 2 N–H and O–H groups in total. The molecule has 84 valence electrons. The molecule has 17 heavy (non-hydrogen) atoms. The van der Waals surface area contributed by atoms with Crippen LogP contribution in [-0.2, 0) is 0 Å². The molecule has 1 aromatic carbocycles. The SMILES string of the molecule is Cc1nc(Oc2ccc(C#N)cc2)ccc1N. The fourth-order valence-corrected chi connectivity index (χ4v) is 1.32. The summed E-state index contributed by atoms with van der Waals surface area (Å²) < 4.78 is 5.54. The van der Waals surface area contributed by atoms with Gasteiger partial charge in [0.2, 0.25) is 5.88 Å². The van der Waals surface area contributed by atoms with Gasteiger partial charge in [-0.05, 0) is 37.3 Å². The van der Waals surface area contributed by atoms with Gasteiger partial charge in [0, 0.05) is 6.07 Å². The minimum Gasteiger partial charge on any atom is -0.439 e. The minimum absolute atomic E-state index is 0.487. The van der Waals surface area contributed by atoms with E-state index >= 15 is 0 Å². The van der Waals surface area contributed by atoms with E-state index in [1.54, 1.807) is 36.4 Å². The summed E-state index contributed by atoms with van der Waals surface area (Å²) in [6.45, 7) is 1.82. The summed E-state index contributed by atoms with van der Waals surface area (Å²) in [6, 6.07) is 12.4. The van der Waals surface area contributed by atoms with E-state index in [1.807, 2.05) is 13.0 Å². The summed E-state index contributed by atoms with van der Waals surface area (Å²) >= 11 is 0. The van der Waals surface area contributed by atoms with Crippen LogP contribution in [0.3, 0.4) is 0 Å². The predicted molar refractivity (Wildman–Crippen MR) is 64.6 cm³/mol. The van der Waals surface area contributed by atoms with Crippen LogP contribution >= 0.6 is 0 Å². The first-order chi connectivity index (χ1) is 8.19. The van der Waals surface area contributed by atoms with Crippen LogP contribution in [0.25, 0.3) is 0 Å². The van der Waals surface area contributed by atoms with Gasteiger partial charge < -0.3 is 10.5 Å². The van der Waals surface area contributed by atoms with Crippen LogP contribution in [0.15, 0.2) is 36.4 Å². The van der Waals surface area contributed by atoms with Gasteiger partial charge in [-0.1, -0.05) is 0 Å². The Balaban J connectivity index is 2.20. The number of aryl methyl sites for hydroxylation is 1. The molecule has 1 heterocycles. The molecule has 2 rings (SSSR count). The molecule has 0 radical (unpaired) electrons. The molecule has 0 atom stereocenters. The van der Waals surface area contributed by atoms with E-state index in [9.17, 15) is 0 Å². The lowest BCUT2D eigenvalue weighted by atomic mass is 10.2. The molecule has 0 aliphatic heterocycles. The molecule has 0 fully saturated rings. The maximum atomic E-state index is 8.67. The summed E-state index contributed by atoms with van der Waals surface area (Å²) in [4.78, 5) is 4.20. The van der Waals surface area contributed by atoms with E-state index in [4.69, 9.17) is 15.7 Å². The molecule has 2 aromatic rings. The van der Waals surface area contributed by atoms with Crippen molar-refractivity contribution < 1.29 is 4.74 Å². The molecule has 1 aromatic heterocycles. The lowest BCUT2D eigenvalue weighted by Crippen LogP contribution is -1.95. The van der Waals surface area contributed by atoms with Gasteiger partial charge in [-0.25, -0.2) is 4.98 Å². The van der Waals surface area contributed by atoms with Crippen LogP contribution in [0.1, 0.15) is 11.3 Å². The van der Waals surface area contributed by atoms with Crippen molar-refractivity contribution in [2.45, 2.75) is 6.92 Å². The van der Waals surface area contributed by atoms with Crippen LogP contribution in [0.2, 0.25) is 0 Å². The Morgan fingerprint density at radius 2 is 1.88 bits per heavy atom. The first-order valence-corrected chi connectivity index (χ1v) is 5.10. The van der Waals surface area contributed by atoms with E-state index in [2.05, 4.69) is 4.98 Å². The van der Waals surface area contributed by atoms with Gasteiger partial charge in [-0.2, -0.15) is 5.26 Å². The van der Waals surface area contributed by atoms with Crippen molar-refractivity contribution in [2.24, 2.45) is 0 Å². The van der Waals surface area contributed by atoms with Crippen LogP contribution in [0.4, 0.5) is 5.69 Å². The Hall–Kier alpha value is -2.54. The molecule has 0 aliphatic rings. The number of hydrogen-bond donors (Lipinski definition) is 1. The average molecular weight is 225 g/mol. The number of benzene rings is 1. The number of hydrogen-bond acceptors (Lipinski definition) is 4. The zero-order valence-corrected chi connectivity index (χ0v) is 9.34. The highest BCUT2D eigenvalue weighted by Crippen LogP contribution is 2.21. The van der Waals surface area contributed by atoms with Crippen LogP contribution in [0, 0.1) is 18.3 Å². The Labute approximate surface area is 99.3 Å². The molecule has 0 aliphatic carbocycles. The molecule has 0 unspecified atom stereocenters. The van der Waals surface area contributed by atoms with E-state index in [1.165, 1.54) is 0 Å². The maximum absolute atomic E-state index is 8.67. The number of nitrogens with two attached hydrogens (primary N) is 1. The Morgan fingerprint density at radius 1 is 1.18 bits per heavy atom. The molecular formula is C13H11N3O. The first kappa shape index (κ1) is 11.0. The Kier molecular flexibility index (Phi) is 2.93. The van der Waals surface area contributed by atoms with E-state index in [-0.39, 0.29) is 0 Å². The molecular weight excluding hydrogens is 214 g/mol. The lowest BCUT2D eigenvalue weighted by Gasteiger charge is -2.06. The monoisotopic (exact) mass is 225 g/mol. The van der Waals surface area contributed by atoms with Gasteiger partial charge in [0.1, 0.15) is 5.75 Å². The summed E-state index contributed by atoms with van der Waals surface area (Å²) in [7, 11) is 0. The molecule has 0 amide bonds. The summed E-state index contributed by atoms with van der Waals surface area (Å²) in [5.41, 5.74) is 7.63. The number of nitriles is 1. The number of aromatic nitrogens is 1. The normalized spacial score (nSPS) is 9.65. The Morgan fingerprint density at radius 3 is 2.47 bits per heavy atom. The fourth-order valence-electron chi connectivity index (χ4n) is 1.32. The number of anilines is 1. The number of ether oxygens (including phenoxy) is 1. The topological polar surface area (TPSA) is 71.9 Å². The molecule has 4 nitrogen and oxygen atoms in total. The highest BCUT2D eigenvalue weighted by molar-refractivity contribution is 5.44. The zero-order chi connectivity index (χ0) is 12.3. The van der Waals surface area contributed by atoms with Crippen molar-refractivity contribution in [1.29, 1.82) is 5.26 Å². The second kappa shape index (κ2) is 4.54. The van der Waals surface area contributed by atoms with Gasteiger partial charge in [0.05, 0.1) is 23.0 Å². The number of rotatable bonds is 2. The number of nitrogen functional groups attached to an aromatic ring is 1. The quantitative estimate of drug-likeness (QED) is 0.852. The van der Waals surface area contributed by atoms with E-state index in [0.29, 0.717) is 22.9 Å². The first-order valence-electron chi connectivity index (χ1n) is 5.10. The summed E-state index contributed by atoms with van der Waals surface area (Å²) in [6.07, 6.45) is 0. The van der Waals surface area contributed by atoms with Gasteiger partial charge in [0.15, 0.2) is 0 Å². The van der Waals surface area contributed by atoms with Crippen molar-refractivity contribution >= 4 is 5.69 Å². The van der Waals surface area contributed by atoms with Gasteiger partial charge >= 0.3 is 0 Å². The molecule has 4 heteroatoms. The highest BCUT2D eigenvalue weighted by Gasteiger charge is 2.01. The standard InChI is InChI=1S/C13H11N3O/c1-9-12(15)6-7-13(16-9)17-11-4-2-10(8-14)3-5-11/h2-7H,15H2,1H3. The number of nitrogens with zero attached hydrogens (tertiary/aromatic N) is 2. The van der Waals surface area contributed by atoms with E-state index in [0.717, 1.165) is 5.69 Å². The maximum Gasteiger partial charge on any atom is 0.219 e. The molecule has 0 saturated carbocycles. The van der Waals surface area contributed by atoms with Gasteiger partial charge in [-0.15, -0.1) is 0 Å². The number of pyridine rings is 1. The Bertz CT molecular complexity index is 570. The molecule has 0 saturated heterocycles. The third kappa shape index (κ3) is 2.52. The second-order valence-corrected chi connectivity index (χ2v) is 3.56. The van der Waals surface area contributed by atoms with Gasteiger partial charge in [0.25, 0.3) is 0 Å². The lowest BCUT2D eigenvalue weighted by molar-refractivity contribution is 0.462. The molecule has 0 bridgehead atoms. The van der Waals surface area contributed by atoms with Crippen LogP contribution in [0.5, 0.6) is 11.6 Å². The van der Waals surface area contributed by atoms with Crippen molar-refractivity contribution in [2.75, 3.05) is 5.73 Å². The molecule has 0 spiro atoms. The zero-order valence-electron chi connectivity index (χ0n) is 9.34. The van der Waals surface area contributed by atoms with Crippen LogP contribution < -0.4 is 10.5 Å². The van der Waals surface area contributed by atoms with Crippen molar-refractivity contribution in [3.8, 4) is 17.7 Å². The summed E-state index contributed by atoms with van der Waals surface area (Å²) in [5, 5.41) is 8.67. The minimum atomic E-state index is 0.487. The van der Waals surface area contributed by atoms with E-state index < -0.39 is 0 Å². The van der Waals surface area contributed by atoms with Crippen molar-refractivity contribution in [3.63, 3.8) is 0 Å². The second-order valence-electron chi connectivity index (χ2n) is 3.56. The van der Waals surface area contributed by atoms with Crippen molar-refractivity contribution in [1.82, 2.24) is 4.98 Å². The highest BCUT2D eigenvalue weighted by atomic mass is 16.5. The summed E-state index contributed by atoms with van der Waals surface area (Å²) in [5.74, 6) is 1.13. The predicted octanol–water partition coefficient (Wildman–Crippen LogP) is 2.64. The largest absolute Gasteiger partial charge is 0.439 e.